The maximum absolute atomic E-state index is 9.63. The predicted octanol–water partition coefficient (Wildman–Crippen LogP) is 13.5. The van der Waals surface area contributed by atoms with Crippen LogP contribution in [0.5, 0.6) is 0 Å². The molecule has 0 unspecified atom stereocenters. The molecule has 0 amide bonds. The van der Waals surface area contributed by atoms with Crippen molar-refractivity contribution in [2.75, 3.05) is 4.90 Å². The molecule has 2 heterocycles. The first-order chi connectivity index (χ1) is 31.1. The lowest BCUT2D eigenvalue weighted by atomic mass is 9.96. The van der Waals surface area contributed by atoms with Crippen LogP contribution in [-0.4, -0.2) is 4.57 Å². The summed E-state index contributed by atoms with van der Waals surface area (Å²) in [7, 11) is 0. The second-order valence-corrected chi connectivity index (χ2v) is 11.9. The van der Waals surface area contributed by atoms with E-state index in [1.165, 1.54) is 0 Å². The number of aromatic nitrogens is 1. The van der Waals surface area contributed by atoms with Gasteiger partial charge in [-0.3, -0.25) is 0 Å². The number of rotatable bonds is 6. The highest BCUT2D eigenvalue weighted by molar-refractivity contribution is 6.15. The van der Waals surface area contributed by atoms with Crippen LogP contribution in [0.2, 0.25) is 0 Å². The summed E-state index contributed by atoms with van der Waals surface area (Å²) in [5.74, 6) is 0. The van der Waals surface area contributed by atoms with Gasteiger partial charge in [0.15, 0.2) is 0 Å². The highest BCUT2D eigenvalue weighted by Crippen LogP contribution is 2.48. The average molecular weight is 667 g/mol. The highest BCUT2D eigenvalue weighted by Gasteiger charge is 2.25. The molecule has 10 aromatic rings. The van der Waals surface area contributed by atoms with E-state index >= 15 is 0 Å². The van der Waals surface area contributed by atoms with Crippen LogP contribution in [0.25, 0.3) is 71.7 Å². The zero-order chi connectivity index (χ0) is 45.9. The number of nitrogens with zero attached hydrogens (tertiary/aromatic N) is 2. The Hall–Kier alpha value is -6.84. The molecule has 0 aliphatic carbocycles. The van der Waals surface area contributed by atoms with Crippen molar-refractivity contribution in [2.45, 2.75) is 0 Å². The molecular formula is C48H32N2O. The molecule has 0 saturated carbocycles. The number of furan rings is 1. The summed E-state index contributed by atoms with van der Waals surface area (Å²) in [5, 5.41) is 3.34. The fourth-order valence-electron chi connectivity index (χ4n) is 6.91. The van der Waals surface area contributed by atoms with E-state index in [9.17, 15) is 8.22 Å². The molecule has 0 fully saturated rings. The standard InChI is InChI=1S/C48H32N2O/c1-3-15-33(16-4-1)34-27-29-36(30-28-34)49(35-17-5-2-6-18-35)45-32-31-40-39-21-10-14-26-46(39)51-48(40)47(45)41-22-9-13-25-44(41)50-42-23-11-7-19-37(42)38-20-8-12-24-43(38)50/h1-32H/i1D,2D,3D,4D,5D,6D,15D,16D,17D,18D,27D,28D,29D,30D. The average Bonchev–Trinajstić information content (AvgIpc) is 3.87. The van der Waals surface area contributed by atoms with Gasteiger partial charge >= 0.3 is 0 Å². The maximum atomic E-state index is 9.63. The van der Waals surface area contributed by atoms with Gasteiger partial charge in [0.2, 0.25) is 0 Å². The first kappa shape index (κ1) is 18.2. The van der Waals surface area contributed by atoms with E-state index in [-0.39, 0.29) is 5.69 Å². The van der Waals surface area contributed by atoms with Crippen molar-refractivity contribution in [1.29, 1.82) is 0 Å². The molecule has 240 valence electrons. The Morgan fingerprint density at radius 1 is 0.471 bits per heavy atom. The second-order valence-electron chi connectivity index (χ2n) is 11.9. The molecular weight excluding hydrogens is 621 g/mol. The van der Waals surface area contributed by atoms with Crippen LogP contribution in [0.1, 0.15) is 19.2 Å². The van der Waals surface area contributed by atoms with Gasteiger partial charge < -0.3 is 13.9 Å². The summed E-state index contributed by atoms with van der Waals surface area (Å²) in [6.45, 7) is 0. The van der Waals surface area contributed by atoms with Gasteiger partial charge in [-0.15, -0.1) is 0 Å². The van der Waals surface area contributed by atoms with E-state index in [1.54, 1.807) is 18.2 Å². The summed E-state index contributed by atoms with van der Waals surface area (Å²) < 4.78 is 134. The zero-order valence-corrected chi connectivity index (χ0v) is 26.7. The van der Waals surface area contributed by atoms with Crippen LogP contribution in [0.3, 0.4) is 0 Å². The fraction of sp³-hybridized carbons (Fsp3) is 0. The van der Waals surface area contributed by atoms with Crippen molar-refractivity contribution in [3.63, 3.8) is 0 Å². The molecule has 0 aliphatic rings. The van der Waals surface area contributed by atoms with Crippen molar-refractivity contribution >= 4 is 60.8 Å². The van der Waals surface area contributed by atoms with E-state index < -0.39 is 107 Å². The predicted molar refractivity (Wildman–Crippen MR) is 214 cm³/mol. The normalized spacial score (nSPS) is 15.4. The summed E-state index contributed by atoms with van der Waals surface area (Å²) >= 11 is 0. The third-order valence-electron chi connectivity index (χ3n) is 9.06. The molecule has 0 radical (unpaired) electrons. The van der Waals surface area contributed by atoms with Crippen molar-refractivity contribution in [2.24, 2.45) is 0 Å². The van der Waals surface area contributed by atoms with Gasteiger partial charge in [-0.25, -0.2) is 0 Å². The molecule has 51 heavy (non-hydrogen) atoms. The van der Waals surface area contributed by atoms with Gasteiger partial charge in [0.1, 0.15) is 11.2 Å². The Balaban J connectivity index is 1.39. The van der Waals surface area contributed by atoms with E-state index in [1.807, 2.05) is 91.0 Å². The lowest BCUT2D eigenvalue weighted by Crippen LogP contribution is -2.11. The van der Waals surface area contributed by atoms with Gasteiger partial charge in [-0.2, -0.15) is 0 Å². The van der Waals surface area contributed by atoms with Crippen molar-refractivity contribution < 1.29 is 23.6 Å². The van der Waals surface area contributed by atoms with Crippen molar-refractivity contribution in [3.05, 3.63) is 194 Å². The molecule has 8 aromatic carbocycles. The first-order valence-corrected chi connectivity index (χ1v) is 16.2. The van der Waals surface area contributed by atoms with Crippen LogP contribution in [-0.2, 0) is 0 Å². The number of fused-ring (bicyclic) bond motifs is 6. The number of hydrogen-bond donors (Lipinski definition) is 0. The van der Waals surface area contributed by atoms with Gasteiger partial charge in [-0.1, -0.05) is 133 Å². The van der Waals surface area contributed by atoms with Gasteiger partial charge in [-0.05, 0) is 71.7 Å². The highest BCUT2D eigenvalue weighted by atomic mass is 16.3. The molecule has 0 spiro atoms. The largest absolute Gasteiger partial charge is 0.455 e. The van der Waals surface area contributed by atoms with Gasteiger partial charge in [0.25, 0.3) is 0 Å². The molecule has 0 saturated heterocycles. The smallest absolute Gasteiger partial charge is 0.145 e. The number of anilines is 3. The molecule has 3 nitrogen and oxygen atoms in total. The van der Waals surface area contributed by atoms with Crippen LogP contribution in [0.4, 0.5) is 17.1 Å². The Kier molecular flexibility index (Phi) is 4.27. The molecule has 0 N–H and O–H groups in total. The van der Waals surface area contributed by atoms with E-state index in [0.29, 0.717) is 33.4 Å². The minimum atomic E-state index is -0.797. The first-order valence-electron chi connectivity index (χ1n) is 23.2. The quantitative estimate of drug-likeness (QED) is 0.176. The Bertz CT molecular complexity index is 3550. The summed E-state index contributed by atoms with van der Waals surface area (Å²) in [5.41, 5.74) is 1.92. The number of hydrogen-bond acceptors (Lipinski definition) is 2. The molecule has 0 aliphatic heterocycles. The molecule has 3 heteroatoms. The van der Waals surface area contributed by atoms with Crippen molar-refractivity contribution in [1.82, 2.24) is 4.57 Å². The van der Waals surface area contributed by atoms with Crippen molar-refractivity contribution in [3.8, 4) is 27.9 Å². The van der Waals surface area contributed by atoms with Crippen LogP contribution < -0.4 is 4.90 Å². The van der Waals surface area contributed by atoms with Crippen LogP contribution >= 0.6 is 0 Å². The Morgan fingerprint density at radius 3 is 1.76 bits per heavy atom. The topological polar surface area (TPSA) is 21.3 Å². The maximum Gasteiger partial charge on any atom is 0.145 e. The third-order valence-corrected chi connectivity index (χ3v) is 9.06. The fourth-order valence-corrected chi connectivity index (χ4v) is 6.91. The summed E-state index contributed by atoms with van der Waals surface area (Å²) in [4.78, 5) is 1.12. The molecule has 0 atom stereocenters. The minimum absolute atomic E-state index is 0.0552. The molecule has 2 aromatic heterocycles. The van der Waals surface area contributed by atoms with E-state index in [2.05, 4.69) is 4.57 Å². The van der Waals surface area contributed by atoms with Crippen LogP contribution in [0.15, 0.2) is 198 Å². The monoisotopic (exact) mass is 666 g/mol. The lowest BCUT2D eigenvalue weighted by molar-refractivity contribution is 0.670. The van der Waals surface area contributed by atoms with E-state index in [4.69, 9.17) is 15.4 Å². The lowest BCUT2D eigenvalue weighted by Gasteiger charge is -2.28. The molecule has 10 rings (SSSR count). The SMILES string of the molecule is [2H]c1c([2H])c([2H])c(-c2c([2H])c([2H])c(N(c3ccc4c(oc5ccccc54)c3-c3ccccc3-n3c4ccccc4c4ccccc43)c3c([2H])c([2H])c([2H])c([2H])c3[2H])c([2H])c2[2H])c([2H])c1[2H]. The molecule has 0 bridgehead atoms. The van der Waals surface area contributed by atoms with E-state index in [0.717, 1.165) is 32.1 Å². The Labute approximate surface area is 315 Å². The van der Waals surface area contributed by atoms with Crippen LogP contribution in [0, 0.1) is 0 Å². The van der Waals surface area contributed by atoms with Gasteiger partial charge in [0, 0.05) is 38.5 Å². The number of para-hydroxylation sites is 5. The van der Waals surface area contributed by atoms with Gasteiger partial charge in [0.05, 0.1) is 47.2 Å². The zero-order valence-electron chi connectivity index (χ0n) is 40.7. The minimum Gasteiger partial charge on any atom is -0.455 e. The summed E-state index contributed by atoms with van der Waals surface area (Å²) in [6.07, 6.45) is 0. The summed E-state index contributed by atoms with van der Waals surface area (Å²) in [6, 6.07) is 23.5. The number of benzene rings is 8. The second kappa shape index (κ2) is 11.9. The third kappa shape index (κ3) is 4.74. The Morgan fingerprint density at radius 2 is 1.04 bits per heavy atom.